The minimum absolute atomic E-state index is 0.0706. The smallest absolute Gasteiger partial charge is 0.419 e. The van der Waals surface area contributed by atoms with Crippen molar-refractivity contribution in [3.05, 3.63) is 64.1 Å². The summed E-state index contributed by atoms with van der Waals surface area (Å²) in [6.45, 7) is 2.93. The van der Waals surface area contributed by atoms with E-state index in [-0.39, 0.29) is 5.91 Å². The van der Waals surface area contributed by atoms with Gasteiger partial charge < -0.3 is 14.5 Å². The summed E-state index contributed by atoms with van der Waals surface area (Å²) in [5.41, 5.74) is 3.05. The Bertz CT molecular complexity index is 938. The van der Waals surface area contributed by atoms with Crippen LogP contribution in [0, 0.1) is 0 Å². The maximum Gasteiger partial charge on any atom is 0.419 e. The van der Waals surface area contributed by atoms with Crippen molar-refractivity contribution in [2.45, 2.75) is 19.9 Å². The number of carbonyl (C=O) groups is 1. The van der Waals surface area contributed by atoms with Crippen LogP contribution in [0.5, 0.6) is 5.75 Å². The molecule has 1 amide bonds. The molecule has 25 heavy (non-hydrogen) atoms. The lowest BCUT2D eigenvalue weighted by Crippen LogP contribution is -2.24. The Morgan fingerprint density at radius 2 is 1.88 bits per heavy atom. The second-order valence-corrected chi connectivity index (χ2v) is 5.76. The lowest BCUT2D eigenvalue weighted by atomic mass is 10.1. The van der Waals surface area contributed by atoms with Gasteiger partial charge in [-0.1, -0.05) is 18.2 Å². The van der Waals surface area contributed by atoms with Crippen LogP contribution < -0.4 is 15.8 Å². The van der Waals surface area contributed by atoms with Gasteiger partial charge in [-0.15, -0.1) is 0 Å². The maximum absolute atomic E-state index is 12.1. The Labute approximate surface area is 145 Å². The van der Waals surface area contributed by atoms with Gasteiger partial charge in [0.2, 0.25) is 5.91 Å². The number of oxazole rings is 1. The summed E-state index contributed by atoms with van der Waals surface area (Å²) in [7, 11) is 1.66. The number of fused-ring (bicyclic) bond motifs is 1. The largest absolute Gasteiger partial charge is 0.494 e. The molecule has 0 aliphatic heterocycles. The number of nitrogens with zero attached hydrogens (tertiary/aromatic N) is 1. The van der Waals surface area contributed by atoms with Crippen molar-refractivity contribution in [2.75, 3.05) is 6.61 Å². The number of ether oxygens (including phenoxy) is 1. The first-order chi connectivity index (χ1) is 12.1. The number of benzene rings is 2. The number of carbonyl (C=O) groups excluding carboxylic acids is 1. The van der Waals surface area contributed by atoms with E-state index in [1.807, 2.05) is 43.3 Å². The molecule has 0 radical (unpaired) electrons. The molecule has 1 aromatic heterocycles. The fraction of sp³-hybridized carbons (Fsp3) is 0.263. The Balaban J connectivity index is 1.59. The zero-order valence-corrected chi connectivity index (χ0v) is 14.2. The molecule has 0 spiro atoms. The highest BCUT2D eigenvalue weighted by Gasteiger charge is 2.08. The highest BCUT2D eigenvalue weighted by Crippen LogP contribution is 2.15. The van der Waals surface area contributed by atoms with Gasteiger partial charge in [-0.2, -0.15) is 0 Å². The van der Waals surface area contributed by atoms with Crippen LogP contribution in [0.2, 0.25) is 0 Å². The number of hydrogen-bond acceptors (Lipinski definition) is 4. The van der Waals surface area contributed by atoms with E-state index in [9.17, 15) is 9.59 Å². The second-order valence-electron chi connectivity index (χ2n) is 5.76. The van der Waals surface area contributed by atoms with E-state index < -0.39 is 5.76 Å². The summed E-state index contributed by atoms with van der Waals surface area (Å²) in [6, 6.07) is 12.9. The number of amides is 1. The average Bonchev–Trinajstić information content (AvgIpc) is 2.89. The van der Waals surface area contributed by atoms with E-state index >= 15 is 0 Å². The molecule has 0 unspecified atom stereocenters. The molecule has 6 nitrogen and oxygen atoms in total. The van der Waals surface area contributed by atoms with Gasteiger partial charge in [0.15, 0.2) is 5.58 Å². The third-order valence-electron chi connectivity index (χ3n) is 3.95. The topological polar surface area (TPSA) is 73.5 Å². The van der Waals surface area contributed by atoms with Gasteiger partial charge in [0.25, 0.3) is 0 Å². The van der Waals surface area contributed by atoms with Crippen molar-refractivity contribution in [1.29, 1.82) is 0 Å². The van der Waals surface area contributed by atoms with Gasteiger partial charge in [-0.05, 0) is 42.3 Å². The van der Waals surface area contributed by atoms with Gasteiger partial charge in [0.05, 0.1) is 18.5 Å². The maximum atomic E-state index is 12.1. The number of aryl methyl sites for hydroxylation is 1. The summed E-state index contributed by atoms with van der Waals surface area (Å²) >= 11 is 0. The number of hydrogen-bond donors (Lipinski definition) is 1. The van der Waals surface area contributed by atoms with Crippen LogP contribution in [-0.4, -0.2) is 17.1 Å². The Morgan fingerprint density at radius 3 is 2.60 bits per heavy atom. The normalized spacial score (nSPS) is 10.8. The van der Waals surface area contributed by atoms with Gasteiger partial charge >= 0.3 is 5.76 Å². The predicted octanol–water partition coefficient (Wildman–Crippen LogP) is 2.39. The Hall–Kier alpha value is -3.02. The lowest BCUT2D eigenvalue weighted by Gasteiger charge is -2.07. The van der Waals surface area contributed by atoms with E-state index in [1.54, 1.807) is 13.1 Å². The first kappa shape index (κ1) is 16.8. The lowest BCUT2D eigenvalue weighted by molar-refractivity contribution is -0.120. The Morgan fingerprint density at radius 1 is 1.16 bits per heavy atom. The number of rotatable bonds is 6. The quantitative estimate of drug-likeness (QED) is 0.748. The molecule has 0 aliphatic rings. The van der Waals surface area contributed by atoms with Gasteiger partial charge in [-0.3, -0.25) is 9.36 Å². The molecule has 2 aromatic carbocycles. The van der Waals surface area contributed by atoms with Crippen LogP contribution in [0.1, 0.15) is 18.1 Å². The van der Waals surface area contributed by atoms with Crippen molar-refractivity contribution < 1.29 is 13.9 Å². The van der Waals surface area contributed by atoms with Crippen LogP contribution in [0.15, 0.2) is 51.7 Å². The zero-order chi connectivity index (χ0) is 17.8. The first-order valence-corrected chi connectivity index (χ1v) is 8.13. The highest BCUT2D eigenvalue weighted by atomic mass is 16.5. The van der Waals surface area contributed by atoms with Crippen molar-refractivity contribution >= 4 is 17.0 Å². The van der Waals surface area contributed by atoms with Crippen LogP contribution in [0.25, 0.3) is 11.1 Å². The van der Waals surface area contributed by atoms with Crippen LogP contribution in [-0.2, 0) is 24.8 Å². The molecule has 6 heteroatoms. The third-order valence-corrected chi connectivity index (χ3v) is 3.95. The molecule has 0 saturated carbocycles. The summed E-state index contributed by atoms with van der Waals surface area (Å²) in [5.74, 6) is 0.328. The molecule has 0 bridgehead atoms. The Kier molecular flexibility index (Phi) is 4.88. The molecular weight excluding hydrogens is 320 g/mol. The average molecular weight is 340 g/mol. The molecule has 0 atom stereocenters. The van der Waals surface area contributed by atoms with Crippen LogP contribution in [0.3, 0.4) is 0 Å². The standard InChI is InChI=1S/C19H20N2O4/c1-3-24-15-7-4-13(5-8-15)11-18(22)20-12-14-6-9-16-17(10-14)25-19(23)21(16)2/h4-10H,3,11-12H2,1-2H3,(H,20,22). The van der Waals surface area contributed by atoms with Crippen LogP contribution in [0.4, 0.5) is 0 Å². The predicted molar refractivity (Wildman–Crippen MR) is 94.6 cm³/mol. The van der Waals surface area contributed by atoms with E-state index in [1.165, 1.54) is 4.57 Å². The van der Waals surface area contributed by atoms with E-state index in [0.29, 0.717) is 25.2 Å². The number of aromatic nitrogens is 1. The number of nitrogens with one attached hydrogen (secondary N) is 1. The minimum atomic E-state index is -0.397. The molecular formula is C19H20N2O4. The first-order valence-electron chi connectivity index (χ1n) is 8.13. The van der Waals surface area contributed by atoms with E-state index in [0.717, 1.165) is 22.4 Å². The molecule has 0 fully saturated rings. The summed E-state index contributed by atoms with van der Waals surface area (Å²) in [6.07, 6.45) is 0.301. The fourth-order valence-electron chi connectivity index (χ4n) is 2.61. The SMILES string of the molecule is CCOc1ccc(CC(=O)NCc2ccc3c(c2)oc(=O)n3C)cc1. The summed E-state index contributed by atoms with van der Waals surface area (Å²) < 4.78 is 12.0. The van der Waals surface area contributed by atoms with Crippen molar-refractivity contribution in [3.8, 4) is 5.75 Å². The fourth-order valence-corrected chi connectivity index (χ4v) is 2.61. The van der Waals surface area contributed by atoms with Crippen molar-refractivity contribution in [1.82, 2.24) is 9.88 Å². The third kappa shape index (κ3) is 3.91. The summed E-state index contributed by atoms with van der Waals surface area (Å²) in [5, 5.41) is 2.88. The molecule has 1 heterocycles. The monoisotopic (exact) mass is 340 g/mol. The second kappa shape index (κ2) is 7.25. The minimum Gasteiger partial charge on any atom is -0.494 e. The van der Waals surface area contributed by atoms with E-state index in [2.05, 4.69) is 5.32 Å². The van der Waals surface area contributed by atoms with Crippen molar-refractivity contribution in [2.24, 2.45) is 7.05 Å². The van der Waals surface area contributed by atoms with Crippen molar-refractivity contribution in [3.63, 3.8) is 0 Å². The molecule has 130 valence electrons. The molecule has 3 aromatic rings. The van der Waals surface area contributed by atoms with Crippen LogP contribution >= 0.6 is 0 Å². The summed E-state index contributed by atoms with van der Waals surface area (Å²) in [4.78, 5) is 23.6. The highest BCUT2D eigenvalue weighted by molar-refractivity contribution is 5.79. The molecule has 0 saturated heterocycles. The van der Waals surface area contributed by atoms with Gasteiger partial charge in [0.1, 0.15) is 5.75 Å². The van der Waals surface area contributed by atoms with E-state index in [4.69, 9.17) is 9.15 Å². The molecule has 1 N–H and O–H groups in total. The zero-order valence-electron chi connectivity index (χ0n) is 14.2. The molecule has 0 aliphatic carbocycles. The molecule has 3 rings (SSSR count). The van der Waals surface area contributed by atoms with Gasteiger partial charge in [-0.25, -0.2) is 4.79 Å². The van der Waals surface area contributed by atoms with Gasteiger partial charge in [0, 0.05) is 13.6 Å².